The molecule has 0 aromatic carbocycles. The molecule has 0 radical (unpaired) electrons. The van der Waals surface area contributed by atoms with Gasteiger partial charge in [0.1, 0.15) is 18.3 Å². The van der Waals surface area contributed by atoms with E-state index in [2.05, 4.69) is 22.4 Å². The first-order chi connectivity index (χ1) is 8.16. The Balaban J connectivity index is 1.98. The second-order valence-corrected chi connectivity index (χ2v) is 4.49. The van der Waals surface area contributed by atoms with Crippen molar-refractivity contribution in [3.63, 3.8) is 0 Å². The van der Waals surface area contributed by atoms with Gasteiger partial charge in [-0.1, -0.05) is 5.16 Å². The second kappa shape index (κ2) is 3.55. The predicted molar refractivity (Wildman–Crippen MR) is 64.3 cm³/mol. The Bertz CT molecular complexity index is 524. The number of fused-ring (bicyclic) bond motifs is 1. The van der Waals surface area contributed by atoms with E-state index < -0.39 is 0 Å². The number of nitrogens with zero attached hydrogens (tertiary/aromatic N) is 2. The number of anilines is 2. The molecule has 0 spiro atoms. The highest BCUT2D eigenvalue weighted by Crippen LogP contribution is 2.37. The molecule has 1 aliphatic heterocycles. The molecular formula is C12H15N3O2. The summed E-state index contributed by atoms with van der Waals surface area (Å²) in [6, 6.07) is 0.191. The lowest BCUT2D eigenvalue weighted by Crippen LogP contribution is -2.33. The molecule has 0 amide bonds. The van der Waals surface area contributed by atoms with E-state index in [0.29, 0.717) is 0 Å². The van der Waals surface area contributed by atoms with Crippen LogP contribution >= 0.6 is 0 Å². The maximum atomic E-state index is 5.22. The minimum Gasteiger partial charge on any atom is -0.468 e. The molecule has 2 aromatic heterocycles. The van der Waals surface area contributed by atoms with E-state index in [1.165, 1.54) is 0 Å². The van der Waals surface area contributed by atoms with E-state index in [1.807, 2.05) is 13.8 Å². The lowest BCUT2D eigenvalue weighted by atomic mass is 10.0. The molecule has 3 rings (SSSR count). The summed E-state index contributed by atoms with van der Waals surface area (Å²) >= 11 is 0. The van der Waals surface area contributed by atoms with Crippen LogP contribution in [0, 0.1) is 13.8 Å². The van der Waals surface area contributed by atoms with E-state index in [4.69, 9.17) is 8.94 Å². The van der Waals surface area contributed by atoms with E-state index in [1.54, 1.807) is 12.5 Å². The number of rotatable bonds is 1. The molecular weight excluding hydrogens is 218 g/mol. The van der Waals surface area contributed by atoms with Crippen LogP contribution in [-0.2, 0) is 0 Å². The van der Waals surface area contributed by atoms with Crippen molar-refractivity contribution in [1.82, 2.24) is 5.16 Å². The maximum Gasteiger partial charge on any atom is 0.139 e. The van der Waals surface area contributed by atoms with Crippen molar-refractivity contribution in [2.24, 2.45) is 0 Å². The summed E-state index contributed by atoms with van der Waals surface area (Å²) in [5, 5.41) is 7.46. The molecule has 1 atom stereocenters. The Morgan fingerprint density at radius 1 is 1.41 bits per heavy atom. The molecule has 0 aliphatic carbocycles. The van der Waals surface area contributed by atoms with Gasteiger partial charge in [0.05, 0.1) is 23.1 Å². The zero-order chi connectivity index (χ0) is 12.0. The monoisotopic (exact) mass is 233 g/mol. The molecule has 1 unspecified atom stereocenters. The quantitative estimate of drug-likeness (QED) is 0.820. The maximum absolute atomic E-state index is 5.22. The Morgan fingerprint density at radius 2 is 2.24 bits per heavy atom. The Hall–Kier alpha value is -1.91. The largest absolute Gasteiger partial charge is 0.468 e. The van der Waals surface area contributed by atoms with Crippen LogP contribution in [0.5, 0.6) is 0 Å². The lowest BCUT2D eigenvalue weighted by Gasteiger charge is -2.32. The van der Waals surface area contributed by atoms with E-state index in [0.717, 1.165) is 34.9 Å². The van der Waals surface area contributed by atoms with Gasteiger partial charge in [0.15, 0.2) is 0 Å². The van der Waals surface area contributed by atoms with E-state index >= 15 is 0 Å². The zero-order valence-electron chi connectivity index (χ0n) is 10.2. The van der Waals surface area contributed by atoms with Crippen molar-refractivity contribution >= 4 is 11.4 Å². The summed E-state index contributed by atoms with van der Waals surface area (Å²) in [6.45, 7) is 4.79. The summed E-state index contributed by atoms with van der Waals surface area (Å²) in [7, 11) is 2.06. The Labute approximate surface area is 99.4 Å². The lowest BCUT2D eigenvalue weighted by molar-refractivity contribution is 0.391. The predicted octanol–water partition coefficient (Wildman–Crippen LogP) is 2.49. The van der Waals surface area contributed by atoms with Gasteiger partial charge in [-0.15, -0.1) is 0 Å². The third kappa shape index (κ3) is 1.50. The standard InChI is InChI=1S/C12H15N3O2/c1-7-12(8(2)17-14-7)9-4-15(3)11-6-16-5-10(11)13-9/h5-6,9,13H,4H2,1-3H3. The average molecular weight is 233 g/mol. The van der Waals surface area contributed by atoms with Crippen LogP contribution in [0.4, 0.5) is 11.4 Å². The van der Waals surface area contributed by atoms with Crippen LogP contribution in [0.2, 0.25) is 0 Å². The molecule has 2 aromatic rings. The normalized spacial score (nSPS) is 19.0. The van der Waals surface area contributed by atoms with Gasteiger partial charge in [-0.25, -0.2) is 0 Å². The highest BCUT2D eigenvalue weighted by atomic mass is 16.5. The summed E-state index contributed by atoms with van der Waals surface area (Å²) in [4.78, 5) is 2.17. The number of aryl methyl sites for hydroxylation is 2. The molecule has 0 bridgehead atoms. The Morgan fingerprint density at radius 3 is 2.94 bits per heavy atom. The number of likely N-dealkylation sites (N-methyl/N-ethyl adjacent to an activating group) is 1. The number of aromatic nitrogens is 1. The van der Waals surface area contributed by atoms with Crippen molar-refractivity contribution in [2.75, 3.05) is 23.8 Å². The van der Waals surface area contributed by atoms with Crippen LogP contribution in [0.25, 0.3) is 0 Å². The van der Waals surface area contributed by atoms with Crippen molar-refractivity contribution in [3.8, 4) is 0 Å². The third-order valence-electron chi connectivity index (χ3n) is 3.28. The summed E-state index contributed by atoms with van der Waals surface area (Å²) < 4.78 is 10.4. The van der Waals surface area contributed by atoms with Crippen molar-refractivity contribution < 1.29 is 8.94 Å². The van der Waals surface area contributed by atoms with Gasteiger partial charge in [0.25, 0.3) is 0 Å². The van der Waals surface area contributed by atoms with Crippen molar-refractivity contribution in [2.45, 2.75) is 19.9 Å². The number of hydrogen-bond donors (Lipinski definition) is 1. The smallest absolute Gasteiger partial charge is 0.139 e. The van der Waals surface area contributed by atoms with Gasteiger partial charge in [-0.2, -0.15) is 0 Å². The van der Waals surface area contributed by atoms with Crippen LogP contribution < -0.4 is 10.2 Å². The van der Waals surface area contributed by atoms with Crippen LogP contribution in [0.3, 0.4) is 0 Å². The number of nitrogens with one attached hydrogen (secondary N) is 1. The molecule has 1 aliphatic rings. The van der Waals surface area contributed by atoms with Crippen LogP contribution in [0.1, 0.15) is 23.1 Å². The topological polar surface area (TPSA) is 54.4 Å². The molecule has 90 valence electrons. The SMILES string of the molecule is Cc1noc(C)c1C1CN(C)c2cocc2N1. The van der Waals surface area contributed by atoms with Crippen molar-refractivity contribution in [3.05, 3.63) is 29.5 Å². The van der Waals surface area contributed by atoms with Crippen LogP contribution in [0.15, 0.2) is 21.5 Å². The summed E-state index contributed by atoms with van der Waals surface area (Å²) in [6.07, 6.45) is 3.49. The fraction of sp³-hybridized carbons (Fsp3) is 0.417. The van der Waals surface area contributed by atoms with Gasteiger partial charge in [0.2, 0.25) is 0 Å². The minimum atomic E-state index is 0.191. The molecule has 0 fully saturated rings. The summed E-state index contributed by atoms with van der Waals surface area (Å²) in [5.74, 6) is 0.875. The first kappa shape index (κ1) is 10.3. The fourth-order valence-corrected chi connectivity index (χ4v) is 2.45. The van der Waals surface area contributed by atoms with E-state index in [9.17, 15) is 0 Å². The number of hydrogen-bond acceptors (Lipinski definition) is 5. The Kier molecular flexibility index (Phi) is 2.14. The van der Waals surface area contributed by atoms with Gasteiger partial charge < -0.3 is 19.2 Å². The molecule has 0 saturated carbocycles. The molecule has 5 nitrogen and oxygen atoms in total. The molecule has 1 N–H and O–H groups in total. The van der Waals surface area contributed by atoms with Gasteiger partial charge in [-0.3, -0.25) is 0 Å². The third-order valence-corrected chi connectivity index (χ3v) is 3.28. The number of furan rings is 1. The summed E-state index contributed by atoms with van der Waals surface area (Å²) in [5.41, 5.74) is 4.20. The molecule has 5 heteroatoms. The van der Waals surface area contributed by atoms with Gasteiger partial charge >= 0.3 is 0 Å². The molecule has 17 heavy (non-hydrogen) atoms. The molecule has 3 heterocycles. The van der Waals surface area contributed by atoms with Gasteiger partial charge in [0, 0.05) is 19.2 Å². The highest BCUT2D eigenvalue weighted by Gasteiger charge is 2.28. The van der Waals surface area contributed by atoms with Gasteiger partial charge in [-0.05, 0) is 13.8 Å². The zero-order valence-corrected chi connectivity index (χ0v) is 10.2. The van der Waals surface area contributed by atoms with Crippen LogP contribution in [-0.4, -0.2) is 18.7 Å². The minimum absolute atomic E-state index is 0.191. The second-order valence-electron chi connectivity index (χ2n) is 4.49. The van der Waals surface area contributed by atoms with E-state index in [-0.39, 0.29) is 6.04 Å². The first-order valence-electron chi connectivity index (χ1n) is 5.63. The van der Waals surface area contributed by atoms with Crippen molar-refractivity contribution in [1.29, 1.82) is 0 Å². The highest BCUT2D eigenvalue weighted by molar-refractivity contribution is 5.71. The first-order valence-corrected chi connectivity index (χ1v) is 5.63. The molecule has 0 saturated heterocycles. The fourth-order valence-electron chi connectivity index (χ4n) is 2.45. The average Bonchev–Trinajstić information content (AvgIpc) is 2.86.